The highest BCUT2D eigenvalue weighted by atomic mass is 79.9. The average Bonchev–Trinajstić information content (AvgIpc) is 2.57. The number of morpholine rings is 1. The summed E-state index contributed by atoms with van der Waals surface area (Å²) in [4.78, 5) is 6.77. The van der Waals surface area contributed by atoms with E-state index in [1.807, 2.05) is 25.1 Å². The predicted molar refractivity (Wildman–Crippen MR) is 90.9 cm³/mol. The molecule has 0 amide bonds. The van der Waals surface area contributed by atoms with Crippen LogP contribution in [0.5, 0.6) is 11.5 Å². The number of aryl methyl sites for hydroxylation is 1. The predicted octanol–water partition coefficient (Wildman–Crippen LogP) is 3.65. The highest BCUT2D eigenvalue weighted by Gasteiger charge is 2.14. The minimum Gasteiger partial charge on any atom is -0.456 e. The number of halogens is 1. The van der Waals surface area contributed by atoms with Crippen LogP contribution in [0.1, 0.15) is 11.3 Å². The summed E-state index contributed by atoms with van der Waals surface area (Å²) in [5.74, 6) is 2.20. The lowest BCUT2D eigenvalue weighted by atomic mass is 10.2. The molecule has 0 saturated carbocycles. The van der Waals surface area contributed by atoms with Crippen molar-refractivity contribution in [2.45, 2.75) is 6.92 Å². The molecular formula is C17H16BrN3O2. The summed E-state index contributed by atoms with van der Waals surface area (Å²) in [6.45, 7) is 5.01. The van der Waals surface area contributed by atoms with Crippen LogP contribution in [0.3, 0.4) is 0 Å². The van der Waals surface area contributed by atoms with Gasteiger partial charge in [-0.25, -0.2) is 4.98 Å². The fourth-order valence-corrected chi connectivity index (χ4v) is 2.74. The maximum Gasteiger partial charge on any atom is 0.142 e. The van der Waals surface area contributed by atoms with E-state index < -0.39 is 0 Å². The van der Waals surface area contributed by atoms with Crippen molar-refractivity contribution < 1.29 is 9.47 Å². The van der Waals surface area contributed by atoms with Crippen molar-refractivity contribution >= 4 is 21.7 Å². The van der Waals surface area contributed by atoms with Gasteiger partial charge in [0.25, 0.3) is 0 Å². The molecule has 0 spiro atoms. The molecule has 2 heterocycles. The summed E-state index contributed by atoms with van der Waals surface area (Å²) in [7, 11) is 0. The second kappa shape index (κ2) is 6.99. The van der Waals surface area contributed by atoms with Crippen LogP contribution in [0.2, 0.25) is 0 Å². The molecule has 0 radical (unpaired) electrons. The van der Waals surface area contributed by atoms with Crippen LogP contribution < -0.4 is 9.64 Å². The first-order valence-electron chi connectivity index (χ1n) is 7.34. The molecule has 2 aromatic rings. The third-order valence-corrected chi connectivity index (χ3v) is 4.19. The molecular weight excluding hydrogens is 358 g/mol. The third kappa shape index (κ3) is 3.81. The molecule has 118 valence electrons. The Labute approximate surface area is 143 Å². The lowest BCUT2D eigenvalue weighted by Gasteiger charge is -2.28. The van der Waals surface area contributed by atoms with Crippen LogP contribution >= 0.6 is 15.9 Å². The number of anilines is 1. The summed E-state index contributed by atoms with van der Waals surface area (Å²) in [6.07, 6.45) is 0. The smallest absolute Gasteiger partial charge is 0.142 e. The second-order valence-corrected chi connectivity index (χ2v) is 6.12. The molecule has 1 aromatic heterocycles. The van der Waals surface area contributed by atoms with Crippen molar-refractivity contribution in [1.82, 2.24) is 4.98 Å². The molecule has 1 aromatic carbocycles. The fourth-order valence-electron chi connectivity index (χ4n) is 2.41. The first kappa shape index (κ1) is 15.8. The monoisotopic (exact) mass is 373 g/mol. The van der Waals surface area contributed by atoms with Gasteiger partial charge in [0.1, 0.15) is 17.3 Å². The first-order valence-corrected chi connectivity index (χ1v) is 8.14. The van der Waals surface area contributed by atoms with Crippen LogP contribution in [0.15, 0.2) is 34.8 Å². The van der Waals surface area contributed by atoms with Gasteiger partial charge in [-0.2, -0.15) is 5.26 Å². The number of ether oxygens (including phenoxy) is 2. The molecule has 1 saturated heterocycles. The SMILES string of the molecule is Cc1cc(Oc2cc(C#N)ccc2Br)cc(N2CCOCC2)n1. The summed E-state index contributed by atoms with van der Waals surface area (Å²) < 4.78 is 12.2. The second-order valence-electron chi connectivity index (χ2n) is 5.26. The number of nitriles is 1. The van der Waals surface area contributed by atoms with Crippen molar-refractivity contribution in [3.63, 3.8) is 0 Å². The number of pyridine rings is 1. The summed E-state index contributed by atoms with van der Waals surface area (Å²) in [5, 5.41) is 9.03. The van der Waals surface area contributed by atoms with Crippen molar-refractivity contribution in [3.8, 4) is 17.6 Å². The molecule has 5 nitrogen and oxygen atoms in total. The molecule has 0 bridgehead atoms. The minimum absolute atomic E-state index is 0.558. The van der Waals surface area contributed by atoms with Gasteiger partial charge >= 0.3 is 0 Å². The Hall–Kier alpha value is -2.10. The number of hydrogen-bond acceptors (Lipinski definition) is 5. The van der Waals surface area contributed by atoms with Gasteiger partial charge in [-0.15, -0.1) is 0 Å². The van der Waals surface area contributed by atoms with Crippen molar-refractivity contribution in [3.05, 3.63) is 46.1 Å². The Morgan fingerprint density at radius 2 is 2.04 bits per heavy atom. The molecule has 1 fully saturated rings. The van der Waals surface area contributed by atoms with Crippen LogP contribution in [0.4, 0.5) is 5.82 Å². The summed E-state index contributed by atoms with van der Waals surface area (Å²) >= 11 is 3.45. The maximum atomic E-state index is 9.03. The Balaban J connectivity index is 1.88. The number of rotatable bonds is 3. The van der Waals surface area contributed by atoms with E-state index >= 15 is 0 Å². The van der Waals surface area contributed by atoms with Crippen LogP contribution in [0.25, 0.3) is 0 Å². The Bertz CT molecular complexity index is 752. The molecule has 1 aliphatic heterocycles. The van der Waals surface area contributed by atoms with Gasteiger partial charge in [0.15, 0.2) is 0 Å². The van der Waals surface area contributed by atoms with Gasteiger partial charge < -0.3 is 14.4 Å². The lowest BCUT2D eigenvalue weighted by Crippen LogP contribution is -2.36. The molecule has 23 heavy (non-hydrogen) atoms. The Morgan fingerprint density at radius 3 is 2.78 bits per heavy atom. The molecule has 0 unspecified atom stereocenters. The third-order valence-electron chi connectivity index (χ3n) is 3.54. The van der Waals surface area contributed by atoms with E-state index in [0.717, 1.165) is 29.1 Å². The van der Waals surface area contributed by atoms with Gasteiger partial charge in [0.05, 0.1) is 29.3 Å². The van der Waals surface area contributed by atoms with Gasteiger partial charge in [-0.3, -0.25) is 0 Å². The maximum absolute atomic E-state index is 9.03. The lowest BCUT2D eigenvalue weighted by molar-refractivity contribution is 0.122. The van der Waals surface area contributed by atoms with E-state index in [1.54, 1.807) is 12.1 Å². The summed E-state index contributed by atoms with van der Waals surface area (Å²) in [5.41, 5.74) is 1.44. The van der Waals surface area contributed by atoms with Gasteiger partial charge in [0.2, 0.25) is 0 Å². The van der Waals surface area contributed by atoms with Crippen molar-refractivity contribution in [2.75, 3.05) is 31.2 Å². The number of hydrogen-bond donors (Lipinski definition) is 0. The van der Waals surface area contributed by atoms with Gasteiger partial charge in [-0.05, 0) is 41.1 Å². The van der Waals surface area contributed by atoms with Crippen LogP contribution in [0, 0.1) is 18.3 Å². The quantitative estimate of drug-likeness (QED) is 0.821. The standard InChI is InChI=1S/C17H16BrN3O2/c1-12-8-14(10-17(20-12)21-4-6-22-7-5-21)23-16-9-13(11-19)2-3-15(16)18/h2-3,8-10H,4-7H2,1H3. The van der Waals surface area contributed by atoms with Crippen molar-refractivity contribution in [1.29, 1.82) is 5.26 Å². The van der Waals surface area contributed by atoms with E-state index in [0.29, 0.717) is 30.3 Å². The van der Waals surface area contributed by atoms with Crippen molar-refractivity contribution in [2.24, 2.45) is 0 Å². The van der Waals surface area contributed by atoms with Crippen LogP contribution in [-0.2, 0) is 4.74 Å². The van der Waals surface area contributed by atoms with Gasteiger partial charge in [-0.1, -0.05) is 0 Å². The zero-order valence-electron chi connectivity index (χ0n) is 12.8. The molecule has 0 aliphatic carbocycles. The number of nitrogens with zero attached hydrogens (tertiary/aromatic N) is 3. The normalized spacial score (nSPS) is 14.4. The Kier molecular flexibility index (Phi) is 4.79. The van der Waals surface area contributed by atoms with E-state index in [9.17, 15) is 0 Å². The largest absolute Gasteiger partial charge is 0.456 e. The molecule has 3 rings (SSSR count). The minimum atomic E-state index is 0.558. The molecule has 0 atom stereocenters. The van der Waals surface area contributed by atoms with E-state index in [-0.39, 0.29) is 0 Å². The summed E-state index contributed by atoms with van der Waals surface area (Å²) in [6, 6.07) is 11.2. The van der Waals surface area contributed by atoms with Gasteiger partial charge in [0, 0.05) is 30.9 Å². The number of benzene rings is 1. The highest BCUT2D eigenvalue weighted by molar-refractivity contribution is 9.10. The topological polar surface area (TPSA) is 58.4 Å². The number of aromatic nitrogens is 1. The average molecular weight is 374 g/mol. The molecule has 0 N–H and O–H groups in total. The first-order chi connectivity index (χ1) is 11.2. The highest BCUT2D eigenvalue weighted by Crippen LogP contribution is 2.32. The zero-order valence-corrected chi connectivity index (χ0v) is 14.3. The molecule has 1 aliphatic rings. The fraction of sp³-hybridized carbons (Fsp3) is 0.294. The van der Waals surface area contributed by atoms with E-state index in [1.165, 1.54) is 0 Å². The molecule has 6 heteroatoms. The van der Waals surface area contributed by atoms with E-state index in [4.69, 9.17) is 14.7 Å². The van der Waals surface area contributed by atoms with Crippen LogP contribution in [-0.4, -0.2) is 31.3 Å². The Morgan fingerprint density at radius 1 is 1.26 bits per heavy atom. The zero-order chi connectivity index (χ0) is 16.2. The van der Waals surface area contributed by atoms with E-state index in [2.05, 4.69) is 31.9 Å².